The molecule has 0 amide bonds. The van der Waals surface area contributed by atoms with Gasteiger partial charge >= 0.3 is 0 Å². The number of fused-ring (bicyclic) bond motifs is 1. The van der Waals surface area contributed by atoms with Crippen molar-refractivity contribution in [3.63, 3.8) is 0 Å². The molecule has 5 heteroatoms. The molecule has 0 spiro atoms. The minimum absolute atomic E-state index is 0.845. The van der Waals surface area contributed by atoms with E-state index in [1.807, 2.05) is 54.7 Å². The van der Waals surface area contributed by atoms with Crippen molar-refractivity contribution in [1.82, 2.24) is 19.3 Å². The fourth-order valence-electron chi connectivity index (χ4n) is 2.94. The molecule has 0 aliphatic rings. The Morgan fingerprint density at radius 2 is 2.09 bits per heavy atom. The van der Waals surface area contributed by atoms with E-state index in [2.05, 4.69) is 27.6 Å². The average molecular weight is 306 g/mol. The number of hydrogen-bond acceptors (Lipinski definition) is 3. The Balaban J connectivity index is 1.67. The van der Waals surface area contributed by atoms with E-state index in [0.29, 0.717) is 0 Å². The Bertz CT molecular complexity index is 960. The van der Waals surface area contributed by atoms with Gasteiger partial charge in [0.05, 0.1) is 6.20 Å². The topological polar surface area (TPSA) is 48.8 Å². The highest BCUT2D eigenvalue weighted by Crippen LogP contribution is 2.31. The largest absolute Gasteiger partial charge is 0.453 e. The lowest BCUT2D eigenvalue weighted by Crippen LogP contribution is -2.02. The second-order valence-corrected chi connectivity index (χ2v) is 5.77. The first-order chi connectivity index (χ1) is 11.2. The molecule has 0 fully saturated rings. The molecule has 3 aromatic heterocycles. The number of para-hydroxylation sites is 1. The summed E-state index contributed by atoms with van der Waals surface area (Å²) in [7, 11) is 1.93. The number of aromatic nitrogens is 4. The molecule has 0 N–H and O–H groups in total. The van der Waals surface area contributed by atoms with Gasteiger partial charge in [0, 0.05) is 43.1 Å². The summed E-state index contributed by atoms with van der Waals surface area (Å²) in [5.41, 5.74) is 3.25. The Hall–Kier alpha value is -2.82. The number of aryl methyl sites for hydroxylation is 4. The minimum atomic E-state index is 0.845. The van der Waals surface area contributed by atoms with Gasteiger partial charge in [-0.1, -0.05) is 18.2 Å². The SMILES string of the molecule is Cc1c(-c2nccn2CCc2cnn(C)c2)oc2ccccc12. The molecular weight excluding hydrogens is 288 g/mol. The van der Waals surface area contributed by atoms with E-state index in [-0.39, 0.29) is 0 Å². The van der Waals surface area contributed by atoms with E-state index in [4.69, 9.17) is 4.42 Å². The zero-order valence-electron chi connectivity index (χ0n) is 13.2. The van der Waals surface area contributed by atoms with Crippen molar-refractivity contribution < 1.29 is 4.42 Å². The zero-order valence-corrected chi connectivity index (χ0v) is 13.2. The number of rotatable bonds is 4. The molecule has 0 atom stereocenters. The Morgan fingerprint density at radius 3 is 2.87 bits per heavy atom. The van der Waals surface area contributed by atoms with Crippen molar-refractivity contribution >= 4 is 11.0 Å². The number of hydrogen-bond donors (Lipinski definition) is 0. The zero-order chi connectivity index (χ0) is 15.8. The molecule has 0 aliphatic heterocycles. The van der Waals surface area contributed by atoms with Gasteiger partial charge in [0.2, 0.25) is 0 Å². The molecule has 0 saturated heterocycles. The molecule has 0 bridgehead atoms. The van der Waals surface area contributed by atoms with Gasteiger partial charge in [0.1, 0.15) is 5.58 Å². The third kappa shape index (κ3) is 2.44. The van der Waals surface area contributed by atoms with Crippen molar-refractivity contribution in [2.75, 3.05) is 0 Å². The van der Waals surface area contributed by atoms with Crippen LogP contribution in [0.2, 0.25) is 0 Å². The van der Waals surface area contributed by atoms with Crippen molar-refractivity contribution in [1.29, 1.82) is 0 Å². The first-order valence-corrected chi connectivity index (χ1v) is 7.69. The summed E-state index contributed by atoms with van der Waals surface area (Å²) in [5, 5.41) is 5.36. The second kappa shape index (κ2) is 5.43. The van der Waals surface area contributed by atoms with Crippen LogP contribution in [-0.4, -0.2) is 19.3 Å². The van der Waals surface area contributed by atoms with E-state index < -0.39 is 0 Å². The van der Waals surface area contributed by atoms with E-state index >= 15 is 0 Å². The normalized spacial score (nSPS) is 11.4. The smallest absolute Gasteiger partial charge is 0.176 e. The third-order valence-corrected chi connectivity index (χ3v) is 4.16. The van der Waals surface area contributed by atoms with Gasteiger partial charge in [-0.2, -0.15) is 5.10 Å². The van der Waals surface area contributed by atoms with Gasteiger partial charge in [-0.05, 0) is 25.0 Å². The van der Waals surface area contributed by atoms with Crippen molar-refractivity contribution in [3.05, 3.63) is 60.2 Å². The van der Waals surface area contributed by atoms with Crippen LogP contribution >= 0.6 is 0 Å². The van der Waals surface area contributed by atoms with Crippen molar-refractivity contribution in [2.24, 2.45) is 7.05 Å². The molecule has 5 nitrogen and oxygen atoms in total. The lowest BCUT2D eigenvalue weighted by atomic mass is 10.1. The Labute approximate surface area is 134 Å². The van der Waals surface area contributed by atoms with Crippen LogP contribution in [-0.2, 0) is 20.0 Å². The molecule has 0 aliphatic carbocycles. The van der Waals surface area contributed by atoms with Gasteiger partial charge in [-0.3, -0.25) is 4.68 Å². The fraction of sp³-hybridized carbons (Fsp3) is 0.222. The molecule has 23 heavy (non-hydrogen) atoms. The average Bonchev–Trinajstić information content (AvgIpc) is 3.25. The first-order valence-electron chi connectivity index (χ1n) is 7.69. The minimum Gasteiger partial charge on any atom is -0.453 e. The highest BCUT2D eigenvalue weighted by atomic mass is 16.3. The molecule has 0 saturated carbocycles. The van der Waals surface area contributed by atoms with Gasteiger partial charge in [-0.25, -0.2) is 4.98 Å². The molecule has 4 rings (SSSR count). The predicted molar refractivity (Wildman–Crippen MR) is 89.1 cm³/mol. The molecule has 4 aromatic rings. The lowest BCUT2D eigenvalue weighted by Gasteiger charge is -2.05. The van der Waals surface area contributed by atoms with Crippen LogP contribution in [0.3, 0.4) is 0 Å². The maximum atomic E-state index is 6.04. The first kappa shape index (κ1) is 13.8. The van der Waals surface area contributed by atoms with Crippen LogP contribution < -0.4 is 0 Å². The monoisotopic (exact) mass is 306 g/mol. The van der Waals surface area contributed by atoms with Gasteiger partial charge in [-0.15, -0.1) is 0 Å². The van der Waals surface area contributed by atoms with Crippen LogP contribution in [0.25, 0.3) is 22.6 Å². The predicted octanol–water partition coefficient (Wildman–Crippen LogP) is 3.58. The summed E-state index contributed by atoms with van der Waals surface area (Å²) < 4.78 is 10.0. The van der Waals surface area contributed by atoms with E-state index in [0.717, 1.165) is 41.1 Å². The maximum absolute atomic E-state index is 6.04. The van der Waals surface area contributed by atoms with Gasteiger partial charge in [0.15, 0.2) is 11.6 Å². The van der Waals surface area contributed by atoms with Crippen molar-refractivity contribution in [3.8, 4) is 11.6 Å². The van der Waals surface area contributed by atoms with Crippen LogP contribution in [0.15, 0.2) is 53.5 Å². The van der Waals surface area contributed by atoms with Crippen LogP contribution in [0, 0.1) is 6.92 Å². The number of imidazole rings is 1. The summed E-state index contributed by atoms with van der Waals surface area (Å²) >= 11 is 0. The molecule has 0 unspecified atom stereocenters. The standard InChI is InChI=1S/C18H18N4O/c1-13-15-5-3-4-6-16(15)23-17(13)18-19-8-10-22(18)9-7-14-11-20-21(2)12-14/h3-6,8,10-12H,7,9H2,1-2H3. The summed E-state index contributed by atoms with van der Waals surface area (Å²) in [6, 6.07) is 8.10. The molecule has 3 heterocycles. The Morgan fingerprint density at radius 1 is 1.22 bits per heavy atom. The number of nitrogens with zero attached hydrogens (tertiary/aromatic N) is 4. The molecular formula is C18H18N4O. The summed E-state index contributed by atoms with van der Waals surface area (Å²) in [4.78, 5) is 4.51. The van der Waals surface area contributed by atoms with Gasteiger partial charge in [0.25, 0.3) is 0 Å². The van der Waals surface area contributed by atoms with Crippen molar-refractivity contribution in [2.45, 2.75) is 19.9 Å². The number of benzene rings is 1. The fourth-order valence-corrected chi connectivity index (χ4v) is 2.94. The van der Waals surface area contributed by atoms with E-state index in [1.165, 1.54) is 5.56 Å². The maximum Gasteiger partial charge on any atom is 0.176 e. The second-order valence-electron chi connectivity index (χ2n) is 5.77. The quantitative estimate of drug-likeness (QED) is 0.579. The summed E-state index contributed by atoms with van der Waals surface area (Å²) in [5.74, 6) is 1.73. The lowest BCUT2D eigenvalue weighted by molar-refractivity contribution is 0.606. The van der Waals surface area contributed by atoms with Crippen LogP contribution in [0.4, 0.5) is 0 Å². The molecule has 1 aromatic carbocycles. The summed E-state index contributed by atoms with van der Waals surface area (Å²) in [6.45, 7) is 2.93. The van der Waals surface area contributed by atoms with Gasteiger partial charge < -0.3 is 8.98 Å². The molecule has 116 valence electrons. The Kier molecular flexibility index (Phi) is 3.26. The van der Waals surface area contributed by atoms with E-state index in [9.17, 15) is 0 Å². The van der Waals surface area contributed by atoms with Crippen LogP contribution in [0.5, 0.6) is 0 Å². The summed E-state index contributed by atoms with van der Waals surface area (Å²) in [6.07, 6.45) is 8.69. The van der Waals surface area contributed by atoms with E-state index in [1.54, 1.807) is 0 Å². The highest BCUT2D eigenvalue weighted by molar-refractivity contribution is 5.86. The van der Waals surface area contributed by atoms with Crippen LogP contribution in [0.1, 0.15) is 11.1 Å². The highest BCUT2D eigenvalue weighted by Gasteiger charge is 2.16. The third-order valence-electron chi connectivity index (χ3n) is 4.16. The molecule has 0 radical (unpaired) electrons. The number of furan rings is 1.